The Morgan fingerprint density at radius 3 is 2.44 bits per heavy atom. The number of amides is 1. The Hall–Kier alpha value is -1.52. The van der Waals surface area contributed by atoms with E-state index in [4.69, 9.17) is 4.74 Å². The topological polar surface area (TPSA) is 75.6 Å². The first-order valence-electron chi connectivity index (χ1n) is 6.18. The predicted molar refractivity (Wildman–Crippen MR) is 65.0 cm³/mol. The van der Waals surface area contributed by atoms with Crippen molar-refractivity contribution in [2.75, 3.05) is 0 Å². The van der Waals surface area contributed by atoms with Crippen LogP contribution in [0.1, 0.15) is 27.2 Å². The van der Waals surface area contributed by atoms with Crippen molar-refractivity contribution in [3.63, 3.8) is 0 Å². The molecule has 5 heteroatoms. The van der Waals surface area contributed by atoms with E-state index in [1.165, 1.54) is 0 Å². The molecule has 100 valence electrons. The molecular weight excluding hydrogens is 234 g/mol. The monoisotopic (exact) mass is 253 g/mol. The fraction of sp³-hybridized carbons (Fsp3) is 0.692. The number of nitrogens with one attached hydrogen (secondary N) is 1. The van der Waals surface area contributed by atoms with Gasteiger partial charge in [0.2, 0.25) is 0 Å². The molecule has 4 atom stereocenters. The minimum Gasteiger partial charge on any atom is -0.481 e. The van der Waals surface area contributed by atoms with Gasteiger partial charge in [-0.15, -0.1) is 0 Å². The summed E-state index contributed by atoms with van der Waals surface area (Å²) < 4.78 is 5.17. The van der Waals surface area contributed by atoms with Gasteiger partial charge in [-0.3, -0.25) is 4.79 Å². The Morgan fingerprint density at radius 2 is 1.89 bits per heavy atom. The number of carbonyl (C=O) groups excluding carboxylic acids is 1. The smallest absolute Gasteiger partial charge is 0.407 e. The summed E-state index contributed by atoms with van der Waals surface area (Å²) in [7, 11) is 0. The summed E-state index contributed by atoms with van der Waals surface area (Å²) in [5, 5.41) is 11.9. The third kappa shape index (κ3) is 2.49. The van der Waals surface area contributed by atoms with Crippen molar-refractivity contribution in [3.05, 3.63) is 12.2 Å². The van der Waals surface area contributed by atoms with Crippen LogP contribution in [-0.2, 0) is 9.53 Å². The van der Waals surface area contributed by atoms with Crippen molar-refractivity contribution in [1.29, 1.82) is 0 Å². The fourth-order valence-corrected chi connectivity index (χ4v) is 2.80. The van der Waals surface area contributed by atoms with E-state index in [0.717, 1.165) is 6.42 Å². The lowest BCUT2D eigenvalue weighted by atomic mass is 9.89. The van der Waals surface area contributed by atoms with Crippen LogP contribution in [0.25, 0.3) is 0 Å². The molecule has 2 rings (SSSR count). The van der Waals surface area contributed by atoms with E-state index in [1.54, 1.807) is 20.8 Å². The highest BCUT2D eigenvalue weighted by Crippen LogP contribution is 2.43. The molecule has 0 aromatic carbocycles. The molecule has 1 amide bonds. The number of carboxylic acid groups (broad SMARTS) is 1. The lowest BCUT2D eigenvalue weighted by molar-refractivity contribution is -0.143. The van der Waals surface area contributed by atoms with E-state index < -0.39 is 23.6 Å². The van der Waals surface area contributed by atoms with Gasteiger partial charge in [0.05, 0.1) is 12.0 Å². The zero-order valence-corrected chi connectivity index (χ0v) is 10.8. The second-order valence-electron chi connectivity index (χ2n) is 5.98. The molecule has 1 unspecified atom stereocenters. The minimum absolute atomic E-state index is 0.0347. The van der Waals surface area contributed by atoms with E-state index in [0.29, 0.717) is 0 Å². The summed E-state index contributed by atoms with van der Waals surface area (Å²) in [5.41, 5.74) is -0.573. The van der Waals surface area contributed by atoms with Gasteiger partial charge < -0.3 is 15.2 Å². The third-order valence-electron chi connectivity index (χ3n) is 3.43. The number of carbonyl (C=O) groups is 2. The van der Waals surface area contributed by atoms with Crippen LogP contribution < -0.4 is 5.32 Å². The maximum absolute atomic E-state index is 11.7. The van der Waals surface area contributed by atoms with Gasteiger partial charge in [0.1, 0.15) is 5.60 Å². The number of rotatable bonds is 2. The first-order valence-corrected chi connectivity index (χ1v) is 6.18. The maximum atomic E-state index is 11.7. The van der Waals surface area contributed by atoms with Crippen LogP contribution in [0.15, 0.2) is 12.2 Å². The van der Waals surface area contributed by atoms with Crippen molar-refractivity contribution in [3.8, 4) is 0 Å². The highest BCUT2D eigenvalue weighted by molar-refractivity contribution is 5.75. The number of fused-ring (bicyclic) bond motifs is 2. The molecule has 2 bridgehead atoms. The Labute approximate surface area is 106 Å². The van der Waals surface area contributed by atoms with Crippen molar-refractivity contribution in [1.82, 2.24) is 5.32 Å². The van der Waals surface area contributed by atoms with Crippen LogP contribution >= 0.6 is 0 Å². The minimum atomic E-state index is -0.854. The Balaban J connectivity index is 2.02. The van der Waals surface area contributed by atoms with Crippen LogP contribution in [0.5, 0.6) is 0 Å². The van der Waals surface area contributed by atoms with Gasteiger partial charge >= 0.3 is 12.1 Å². The second-order valence-corrected chi connectivity index (χ2v) is 5.98. The summed E-state index contributed by atoms with van der Waals surface area (Å²) >= 11 is 0. The fourth-order valence-electron chi connectivity index (χ4n) is 2.80. The molecule has 0 saturated heterocycles. The largest absolute Gasteiger partial charge is 0.481 e. The molecule has 18 heavy (non-hydrogen) atoms. The molecule has 0 aliphatic heterocycles. The van der Waals surface area contributed by atoms with Crippen LogP contribution in [0.2, 0.25) is 0 Å². The Morgan fingerprint density at radius 1 is 1.28 bits per heavy atom. The lowest BCUT2D eigenvalue weighted by Crippen LogP contribution is -2.47. The van der Waals surface area contributed by atoms with Gasteiger partial charge in [0.25, 0.3) is 0 Å². The summed E-state index contributed by atoms with van der Waals surface area (Å²) in [5.74, 6) is -1.24. The van der Waals surface area contributed by atoms with E-state index in [1.807, 2.05) is 12.2 Å². The number of alkyl carbamates (subject to hydrolysis) is 1. The SMILES string of the molecule is CC(C)(C)OC(=O)N[C@@H]1C(C(=O)O)[C@@H]2C=C[C@H]1C2. The van der Waals surface area contributed by atoms with Gasteiger partial charge in [0, 0.05) is 0 Å². The molecule has 0 aromatic heterocycles. The van der Waals surface area contributed by atoms with E-state index in [2.05, 4.69) is 5.32 Å². The quantitative estimate of drug-likeness (QED) is 0.736. The van der Waals surface area contributed by atoms with Gasteiger partial charge in [0.15, 0.2) is 0 Å². The zero-order valence-electron chi connectivity index (χ0n) is 10.8. The van der Waals surface area contributed by atoms with Crippen molar-refractivity contribution < 1.29 is 19.4 Å². The predicted octanol–water partition coefficient (Wildman–Crippen LogP) is 1.79. The number of hydrogen-bond acceptors (Lipinski definition) is 3. The van der Waals surface area contributed by atoms with Gasteiger partial charge in [-0.2, -0.15) is 0 Å². The summed E-state index contributed by atoms with van der Waals surface area (Å²) in [6.07, 6.45) is 4.19. The lowest BCUT2D eigenvalue weighted by Gasteiger charge is -2.27. The van der Waals surface area contributed by atoms with Crippen molar-refractivity contribution in [2.45, 2.75) is 38.8 Å². The van der Waals surface area contributed by atoms with Crippen LogP contribution in [0.4, 0.5) is 4.79 Å². The Bertz CT molecular complexity index is 396. The number of aliphatic carboxylic acids is 1. The average molecular weight is 253 g/mol. The number of ether oxygens (including phenoxy) is 1. The van der Waals surface area contributed by atoms with Gasteiger partial charge in [-0.25, -0.2) is 4.79 Å². The first kappa shape index (κ1) is 12.9. The van der Waals surface area contributed by atoms with Gasteiger partial charge in [-0.1, -0.05) is 12.2 Å². The maximum Gasteiger partial charge on any atom is 0.407 e. The third-order valence-corrected chi connectivity index (χ3v) is 3.43. The molecule has 0 aromatic rings. The second kappa shape index (κ2) is 4.30. The molecule has 2 aliphatic rings. The molecule has 5 nitrogen and oxygen atoms in total. The molecule has 0 spiro atoms. The van der Waals surface area contributed by atoms with E-state index in [9.17, 15) is 14.7 Å². The molecule has 2 N–H and O–H groups in total. The van der Waals surface area contributed by atoms with Crippen LogP contribution in [0.3, 0.4) is 0 Å². The summed E-state index contributed by atoms with van der Waals surface area (Å²) in [4.78, 5) is 23.0. The first-order chi connectivity index (χ1) is 8.28. The molecule has 1 fully saturated rings. The molecule has 0 radical (unpaired) electrons. The van der Waals surface area contributed by atoms with Gasteiger partial charge in [-0.05, 0) is 39.0 Å². The summed E-state index contributed by atoms with van der Waals surface area (Å²) in [6, 6.07) is -0.354. The van der Waals surface area contributed by atoms with Crippen molar-refractivity contribution >= 4 is 12.1 Å². The molecule has 0 heterocycles. The van der Waals surface area contributed by atoms with Crippen LogP contribution in [0, 0.1) is 17.8 Å². The Kier molecular flexibility index (Phi) is 3.09. The zero-order chi connectivity index (χ0) is 13.5. The number of carboxylic acids is 1. The normalized spacial score (nSPS) is 33.5. The molecular formula is C13H19NO4. The number of allylic oxidation sites excluding steroid dienone is 1. The highest BCUT2D eigenvalue weighted by Gasteiger charge is 2.49. The molecule has 2 aliphatic carbocycles. The summed E-state index contributed by atoms with van der Waals surface area (Å²) in [6.45, 7) is 5.34. The number of hydrogen-bond donors (Lipinski definition) is 2. The molecule has 1 saturated carbocycles. The standard InChI is InChI=1S/C13H19NO4/c1-13(2,3)18-12(17)14-10-8-5-4-7(6-8)9(10)11(15)16/h4-5,7-10H,6H2,1-3H3,(H,14,17)(H,15,16)/t7-,8+,9?,10+/m1/s1. The highest BCUT2D eigenvalue weighted by atomic mass is 16.6. The van der Waals surface area contributed by atoms with E-state index >= 15 is 0 Å². The average Bonchev–Trinajstić information content (AvgIpc) is 2.73. The van der Waals surface area contributed by atoms with Crippen LogP contribution in [-0.4, -0.2) is 28.8 Å². The van der Waals surface area contributed by atoms with Crippen molar-refractivity contribution in [2.24, 2.45) is 17.8 Å². The van der Waals surface area contributed by atoms with E-state index in [-0.39, 0.29) is 17.9 Å².